The maximum atomic E-state index is 11.6. The molecule has 1 aromatic carbocycles. The lowest BCUT2D eigenvalue weighted by Crippen LogP contribution is -2.43. The highest BCUT2D eigenvalue weighted by atomic mass is 32.2. The van der Waals surface area contributed by atoms with Crippen LogP contribution in [0.4, 0.5) is 11.4 Å². The van der Waals surface area contributed by atoms with Crippen molar-refractivity contribution in [3.8, 4) is 0 Å². The lowest BCUT2D eigenvalue weighted by atomic mass is 10.0. The van der Waals surface area contributed by atoms with Gasteiger partial charge in [-0.15, -0.1) is 0 Å². The number of hydrogen-bond acceptors (Lipinski definition) is 5. The number of likely N-dealkylation sites (N-methyl/N-ethyl adjacent to an activating group) is 1. The molecule has 1 aliphatic rings. The summed E-state index contributed by atoms with van der Waals surface area (Å²) in [7, 11) is -2.08. The Kier molecular flexibility index (Phi) is 4.11. The second-order valence-electron chi connectivity index (χ2n) is 5.39. The standard InChI is InChI=1S/C13H20N4O3S/c1-8-11(5-9(14)6-12(8)21(15,19)20)16-10-3-4-13(18)17(2)7-10/h5-6,10,16H,3-4,7,14H2,1-2H3,(H2,15,19,20). The van der Waals surface area contributed by atoms with Gasteiger partial charge in [0.2, 0.25) is 15.9 Å². The Hall–Kier alpha value is -1.80. The summed E-state index contributed by atoms with van der Waals surface area (Å²) in [5.41, 5.74) is 7.25. The quantitative estimate of drug-likeness (QED) is 0.692. The van der Waals surface area contributed by atoms with E-state index in [1.807, 2.05) is 0 Å². The third-order valence-electron chi connectivity index (χ3n) is 3.68. The van der Waals surface area contributed by atoms with Crippen LogP contribution in [-0.4, -0.2) is 38.9 Å². The summed E-state index contributed by atoms with van der Waals surface area (Å²) >= 11 is 0. The van der Waals surface area contributed by atoms with Crippen LogP contribution in [0, 0.1) is 6.92 Å². The van der Waals surface area contributed by atoms with E-state index in [2.05, 4.69) is 5.32 Å². The van der Waals surface area contributed by atoms with E-state index in [1.165, 1.54) is 6.07 Å². The molecule has 2 rings (SSSR count). The number of hydrogen-bond donors (Lipinski definition) is 3. The summed E-state index contributed by atoms with van der Waals surface area (Å²) in [5, 5.41) is 8.46. The zero-order valence-electron chi connectivity index (χ0n) is 12.1. The zero-order chi connectivity index (χ0) is 15.8. The third kappa shape index (κ3) is 3.45. The van der Waals surface area contributed by atoms with E-state index in [1.54, 1.807) is 24.9 Å². The molecule has 1 saturated heterocycles. The minimum absolute atomic E-state index is 0.0187. The number of amides is 1. The normalized spacial score (nSPS) is 19.7. The molecule has 0 bridgehead atoms. The van der Waals surface area contributed by atoms with E-state index < -0.39 is 10.0 Å². The first kappa shape index (κ1) is 15.6. The number of benzene rings is 1. The lowest BCUT2D eigenvalue weighted by Gasteiger charge is -2.31. The highest BCUT2D eigenvalue weighted by molar-refractivity contribution is 7.89. The summed E-state index contributed by atoms with van der Waals surface area (Å²) in [5.74, 6) is 0.113. The van der Waals surface area contributed by atoms with E-state index >= 15 is 0 Å². The summed E-state index contributed by atoms with van der Waals surface area (Å²) < 4.78 is 23.2. The predicted molar refractivity (Wildman–Crippen MR) is 81.2 cm³/mol. The first-order chi connectivity index (χ1) is 9.68. The van der Waals surface area contributed by atoms with Gasteiger partial charge >= 0.3 is 0 Å². The molecule has 1 amide bonds. The molecule has 1 heterocycles. The van der Waals surface area contributed by atoms with Crippen molar-refractivity contribution in [1.29, 1.82) is 0 Å². The van der Waals surface area contributed by atoms with Crippen molar-refractivity contribution in [3.05, 3.63) is 17.7 Å². The monoisotopic (exact) mass is 312 g/mol. The fourth-order valence-corrected chi connectivity index (χ4v) is 3.34. The Morgan fingerprint density at radius 3 is 2.62 bits per heavy atom. The van der Waals surface area contributed by atoms with Gasteiger partial charge < -0.3 is 16.0 Å². The molecule has 21 heavy (non-hydrogen) atoms. The van der Waals surface area contributed by atoms with Gasteiger partial charge in [-0.25, -0.2) is 13.6 Å². The van der Waals surface area contributed by atoms with Crippen LogP contribution >= 0.6 is 0 Å². The van der Waals surface area contributed by atoms with Gasteiger partial charge in [0.25, 0.3) is 0 Å². The van der Waals surface area contributed by atoms with Gasteiger partial charge in [-0.1, -0.05) is 0 Å². The van der Waals surface area contributed by atoms with Gasteiger partial charge in [-0.05, 0) is 31.0 Å². The summed E-state index contributed by atoms with van der Waals surface area (Å²) in [6.45, 7) is 2.25. The van der Waals surface area contributed by atoms with Crippen LogP contribution in [0.3, 0.4) is 0 Å². The highest BCUT2D eigenvalue weighted by Gasteiger charge is 2.24. The van der Waals surface area contributed by atoms with Crippen LogP contribution in [0.2, 0.25) is 0 Å². The van der Waals surface area contributed by atoms with Gasteiger partial charge in [-0.3, -0.25) is 4.79 Å². The van der Waals surface area contributed by atoms with E-state index in [0.29, 0.717) is 36.3 Å². The summed E-state index contributed by atoms with van der Waals surface area (Å²) in [6.07, 6.45) is 1.17. The van der Waals surface area contributed by atoms with Crippen molar-refractivity contribution < 1.29 is 13.2 Å². The number of rotatable bonds is 3. The number of likely N-dealkylation sites (tertiary alicyclic amines) is 1. The number of carbonyl (C=O) groups is 1. The van der Waals surface area contributed by atoms with Crippen LogP contribution in [0.25, 0.3) is 0 Å². The van der Waals surface area contributed by atoms with E-state index in [-0.39, 0.29) is 16.8 Å². The first-order valence-electron chi connectivity index (χ1n) is 6.62. The van der Waals surface area contributed by atoms with Crippen LogP contribution in [0.1, 0.15) is 18.4 Å². The SMILES string of the molecule is Cc1c(NC2CCC(=O)N(C)C2)cc(N)cc1S(N)(=O)=O. The molecule has 0 radical (unpaired) electrons. The number of sulfonamides is 1. The van der Waals surface area contributed by atoms with Gasteiger partial charge in [-0.2, -0.15) is 0 Å². The number of anilines is 2. The fourth-order valence-electron chi connectivity index (χ4n) is 2.50. The average Bonchev–Trinajstić information content (AvgIpc) is 2.36. The van der Waals surface area contributed by atoms with E-state index in [0.717, 1.165) is 0 Å². The van der Waals surface area contributed by atoms with Crippen molar-refractivity contribution in [2.75, 3.05) is 24.6 Å². The van der Waals surface area contributed by atoms with Gasteiger partial charge in [0, 0.05) is 37.4 Å². The zero-order valence-corrected chi connectivity index (χ0v) is 12.9. The summed E-state index contributed by atoms with van der Waals surface area (Å²) in [4.78, 5) is 13.2. The second-order valence-corrected chi connectivity index (χ2v) is 6.92. The molecule has 0 aliphatic carbocycles. The van der Waals surface area contributed by atoms with Crippen molar-refractivity contribution in [2.24, 2.45) is 5.14 Å². The molecule has 7 nitrogen and oxygen atoms in total. The minimum atomic E-state index is -3.82. The van der Waals surface area contributed by atoms with E-state index in [9.17, 15) is 13.2 Å². The van der Waals surface area contributed by atoms with Crippen molar-refractivity contribution >= 4 is 27.3 Å². The van der Waals surface area contributed by atoms with Crippen molar-refractivity contribution in [3.63, 3.8) is 0 Å². The molecule has 1 atom stereocenters. The lowest BCUT2D eigenvalue weighted by molar-refractivity contribution is -0.132. The number of nitrogens with zero attached hydrogens (tertiary/aromatic N) is 1. The van der Waals surface area contributed by atoms with Crippen molar-refractivity contribution in [1.82, 2.24) is 4.90 Å². The minimum Gasteiger partial charge on any atom is -0.399 e. The molecular weight excluding hydrogens is 292 g/mol. The number of nitrogens with two attached hydrogens (primary N) is 2. The highest BCUT2D eigenvalue weighted by Crippen LogP contribution is 2.27. The maximum absolute atomic E-state index is 11.6. The van der Waals surface area contributed by atoms with Crippen LogP contribution in [-0.2, 0) is 14.8 Å². The Morgan fingerprint density at radius 2 is 2.05 bits per heavy atom. The number of nitrogen functional groups attached to an aromatic ring is 1. The number of nitrogens with one attached hydrogen (secondary N) is 1. The van der Waals surface area contributed by atoms with Crippen molar-refractivity contribution in [2.45, 2.75) is 30.7 Å². The molecule has 1 unspecified atom stereocenters. The third-order valence-corrected chi connectivity index (χ3v) is 4.71. The number of primary sulfonamides is 1. The molecule has 0 spiro atoms. The van der Waals surface area contributed by atoms with Gasteiger partial charge in [0.15, 0.2) is 0 Å². The Bertz CT molecular complexity index is 672. The molecule has 8 heteroatoms. The molecule has 1 aliphatic heterocycles. The number of carbonyl (C=O) groups excluding carboxylic acids is 1. The molecule has 5 N–H and O–H groups in total. The molecule has 1 fully saturated rings. The Balaban J connectivity index is 2.29. The Labute approximate surface area is 124 Å². The molecular formula is C13H20N4O3S. The van der Waals surface area contributed by atoms with Crippen LogP contribution in [0.15, 0.2) is 17.0 Å². The predicted octanol–water partition coefficient (Wildman–Crippen LogP) is 0.257. The first-order valence-corrected chi connectivity index (χ1v) is 8.16. The molecule has 116 valence electrons. The molecule has 0 aromatic heterocycles. The second kappa shape index (κ2) is 5.53. The topological polar surface area (TPSA) is 119 Å². The fraction of sp³-hybridized carbons (Fsp3) is 0.462. The maximum Gasteiger partial charge on any atom is 0.238 e. The van der Waals surface area contributed by atoms with E-state index in [4.69, 9.17) is 10.9 Å². The molecule has 1 aromatic rings. The number of piperidine rings is 1. The Morgan fingerprint density at radius 1 is 1.38 bits per heavy atom. The van der Waals surface area contributed by atoms with Crippen LogP contribution in [0.5, 0.6) is 0 Å². The average molecular weight is 312 g/mol. The largest absolute Gasteiger partial charge is 0.399 e. The smallest absolute Gasteiger partial charge is 0.238 e. The van der Waals surface area contributed by atoms with Gasteiger partial charge in [0.05, 0.1) is 4.90 Å². The van der Waals surface area contributed by atoms with Crippen LogP contribution < -0.4 is 16.2 Å². The van der Waals surface area contributed by atoms with Gasteiger partial charge in [0.1, 0.15) is 0 Å². The summed E-state index contributed by atoms with van der Waals surface area (Å²) in [6, 6.07) is 3.09. The molecule has 0 saturated carbocycles.